The molecular formula is C26H40FN7O. The molecule has 0 radical (unpaired) electrons. The first kappa shape index (κ1) is 25.4. The molecule has 2 unspecified atom stereocenters. The Hall–Kier alpha value is -2.68. The van der Waals surface area contributed by atoms with E-state index in [2.05, 4.69) is 27.5 Å². The third-order valence-corrected chi connectivity index (χ3v) is 7.01. The van der Waals surface area contributed by atoms with Crippen LogP contribution >= 0.6 is 0 Å². The van der Waals surface area contributed by atoms with Crippen molar-refractivity contribution in [2.45, 2.75) is 96.2 Å². The number of benzene rings is 1. The number of hydrogen-bond donors (Lipinski definition) is 3. The Balaban J connectivity index is 1.69. The molecule has 2 atom stereocenters. The van der Waals surface area contributed by atoms with Gasteiger partial charge in [-0.3, -0.25) is 0 Å². The van der Waals surface area contributed by atoms with Crippen molar-refractivity contribution >= 4 is 23.5 Å². The molecule has 0 bridgehead atoms. The summed E-state index contributed by atoms with van der Waals surface area (Å²) in [4.78, 5) is 15.7. The summed E-state index contributed by atoms with van der Waals surface area (Å²) < 4.78 is 20.6. The van der Waals surface area contributed by atoms with Crippen LogP contribution in [0.15, 0.2) is 18.2 Å². The SMILES string of the molecule is CCCOc1ccc(N(c2nc(N)nc(NC3CCCCCC3)n2)C(CC)C2CCCN2)cc1F. The van der Waals surface area contributed by atoms with Crippen LogP contribution in [0.4, 0.5) is 27.9 Å². The highest BCUT2D eigenvalue weighted by atomic mass is 19.1. The summed E-state index contributed by atoms with van der Waals surface area (Å²) in [6.07, 6.45) is 11.0. The quantitative estimate of drug-likeness (QED) is 0.396. The first-order chi connectivity index (χ1) is 17.1. The summed E-state index contributed by atoms with van der Waals surface area (Å²) in [5.41, 5.74) is 6.86. The van der Waals surface area contributed by atoms with Gasteiger partial charge in [-0.15, -0.1) is 0 Å². The predicted molar refractivity (Wildman–Crippen MR) is 139 cm³/mol. The van der Waals surface area contributed by atoms with E-state index in [4.69, 9.17) is 15.5 Å². The number of anilines is 4. The molecule has 1 aliphatic carbocycles. The van der Waals surface area contributed by atoms with Crippen molar-refractivity contribution in [1.82, 2.24) is 20.3 Å². The maximum Gasteiger partial charge on any atom is 0.236 e. The van der Waals surface area contributed by atoms with Gasteiger partial charge in [0.2, 0.25) is 17.8 Å². The number of rotatable bonds is 10. The molecule has 4 rings (SSSR count). The molecule has 35 heavy (non-hydrogen) atoms. The minimum absolute atomic E-state index is 0.0341. The number of nitrogens with zero attached hydrogens (tertiary/aromatic N) is 4. The average molecular weight is 486 g/mol. The second-order valence-electron chi connectivity index (χ2n) is 9.66. The van der Waals surface area contributed by atoms with E-state index in [0.717, 1.165) is 45.1 Å². The summed E-state index contributed by atoms with van der Waals surface area (Å²) >= 11 is 0. The smallest absolute Gasteiger partial charge is 0.236 e. The Morgan fingerprint density at radius 1 is 1.11 bits per heavy atom. The van der Waals surface area contributed by atoms with Gasteiger partial charge in [0.05, 0.1) is 12.6 Å². The standard InChI is InChI=1S/C26H40FN7O/c1-3-16-35-23-14-13-19(17-20(23)27)34(22(4-2)21-12-9-15-29-21)26-32-24(28)31-25(33-26)30-18-10-7-5-6-8-11-18/h13-14,17-18,21-22,29H,3-12,15-16H2,1-2H3,(H3,28,30,31,32,33). The lowest BCUT2D eigenvalue weighted by atomic mass is 10.0. The van der Waals surface area contributed by atoms with Crippen LogP contribution in [0, 0.1) is 5.82 Å². The summed E-state index contributed by atoms with van der Waals surface area (Å²) in [6, 6.07) is 5.69. The first-order valence-electron chi connectivity index (χ1n) is 13.3. The van der Waals surface area contributed by atoms with Gasteiger partial charge in [-0.25, -0.2) is 4.39 Å². The van der Waals surface area contributed by atoms with Crippen molar-refractivity contribution in [2.75, 3.05) is 29.1 Å². The molecule has 0 spiro atoms. The highest BCUT2D eigenvalue weighted by Gasteiger charge is 2.32. The minimum Gasteiger partial charge on any atom is -0.491 e. The molecule has 4 N–H and O–H groups in total. The summed E-state index contributed by atoms with van der Waals surface area (Å²) in [5, 5.41) is 7.11. The molecule has 1 aromatic heterocycles. The number of hydrogen-bond acceptors (Lipinski definition) is 8. The van der Waals surface area contributed by atoms with Crippen molar-refractivity contribution < 1.29 is 9.13 Å². The van der Waals surface area contributed by atoms with Gasteiger partial charge in [0.15, 0.2) is 11.6 Å². The lowest BCUT2D eigenvalue weighted by Gasteiger charge is -2.35. The van der Waals surface area contributed by atoms with Gasteiger partial charge in [-0.05, 0) is 57.2 Å². The highest BCUT2D eigenvalue weighted by molar-refractivity contribution is 5.62. The predicted octanol–water partition coefficient (Wildman–Crippen LogP) is 5.19. The zero-order valence-corrected chi connectivity index (χ0v) is 21.1. The zero-order chi connectivity index (χ0) is 24.6. The molecule has 2 aliphatic rings. The minimum atomic E-state index is -0.394. The Bertz CT molecular complexity index is 945. The molecule has 1 aliphatic heterocycles. The number of halogens is 1. The Labute approximate surface area is 208 Å². The van der Waals surface area contributed by atoms with E-state index in [1.807, 2.05) is 17.9 Å². The second-order valence-corrected chi connectivity index (χ2v) is 9.66. The van der Waals surface area contributed by atoms with E-state index in [0.29, 0.717) is 30.2 Å². The van der Waals surface area contributed by atoms with Gasteiger partial charge in [0.25, 0.3) is 0 Å². The number of aromatic nitrogens is 3. The van der Waals surface area contributed by atoms with Gasteiger partial charge in [0, 0.05) is 23.8 Å². The van der Waals surface area contributed by atoms with Crippen molar-refractivity contribution in [1.29, 1.82) is 0 Å². The highest BCUT2D eigenvalue weighted by Crippen LogP contribution is 2.33. The van der Waals surface area contributed by atoms with E-state index >= 15 is 4.39 Å². The summed E-state index contributed by atoms with van der Waals surface area (Å²) in [5.74, 6) is 0.953. The number of ether oxygens (including phenoxy) is 1. The lowest BCUT2D eigenvalue weighted by Crippen LogP contribution is -2.46. The maximum absolute atomic E-state index is 15.0. The maximum atomic E-state index is 15.0. The van der Waals surface area contributed by atoms with Crippen LogP contribution in [0.25, 0.3) is 0 Å². The van der Waals surface area contributed by atoms with Crippen LogP contribution in [0.5, 0.6) is 5.75 Å². The van der Waals surface area contributed by atoms with Crippen molar-refractivity contribution in [3.63, 3.8) is 0 Å². The van der Waals surface area contributed by atoms with E-state index in [1.54, 1.807) is 6.07 Å². The Kier molecular flexibility index (Phi) is 8.95. The van der Waals surface area contributed by atoms with Crippen LogP contribution in [0.1, 0.15) is 78.1 Å². The summed E-state index contributed by atoms with van der Waals surface area (Å²) in [7, 11) is 0. The lowest BCUT2D eigenvalue weighted by molar-refractivity contribution is 0.301. The number of nitrogen functional groups attached to an aromatic ring is 1. The van der Waals surface area contributed by atoms with E-state index < -0.39 is 5.82 Å². The molecule has 2 fully saturated rings. The molecule has 9 heteroatoms. The van der Waals surface area contributed by atoms with Gasteiger partial charge >= 0.3 is 0 Å². The van der Waals surface area contributed by atoms with E-state index in [-0.39, 0.29) is 23.8 Å². The molecule has 1 saturated carbocycles. The molecule has 1 aromatic carbocycles. The zero-order valence-electron chi connectivity index (χ0n) is 21.1. The normalized spacial score (nSPS) is 19.8. The van der Waals surface area contributed by atoms with Gasteiger partial charge in [-0.2, -0.15) is 15.0 Å². The topological polar surface area (TPSA) is 101 Å². The molecular weight excluding hydrogens is 445 g/mol. The average Bonchev–Trinajstić information content (AvgIpc) is 3.25. The molecule has 192 valence electrons. The summed E-state index contributed by atoms with van der Waals surface area (Å²) in [6.45, 7) is 5.59. The third kappa shape index (κ3) is 6.51. The van der Waals surface area contributed by atoms with E-state index in [9.17, 15) is 0 Å². The Morgan fingerprint density at radius 3 is 2.57 bits per heavy atom. The van der Waals surface area contributed by atoms with Gasteiger partial charge < -0.3 is 26.0 Å². The van der Waals surface area contributed by atoms with Crippen LogP contribution in [0.2, 0.25) is 0 Å². The molecule has 8 nitrogen and oxygen atoms in total. The largest absolute Gasteiger partial charge is 0.491 e. The second kappa shape index (κ2) is 12.3. The monoisotopic (exact) mass is 485 g/mol. The van der Waals surface area contributed by atoms with Gasteiger partial charge in [-0.1, -0.05) is 39.5 Å². The number of nitrogens with two attached hydrogens (primary N) is 1. The Morgan fingerprint density at radius 2 is 1.91 bits per heavy atom. The fourth-order valence-corrected chi connectivity index (χ4v) is 5.27. The van der Waals surface area contributed by atoms with Crippen LogP contribution in [0.3, 0.4) is 0 Å². The molecule has 1 saturated heterocycles. The van der Waals surface area contributed by atoms with Crippen molar-refractivity contribution in [3.05, 3.63) is 24.0 Å². The van der Waals surface area contributed by atoms with Crippen LogP contribution in [-0.2, 0) is 0 Å². The first-order valence-corrected chi connectivity index (χ1v) is 13.3. The molecule has 0 amide bonds. The molecule has 2 heterocycles. The van der Waals surface area contributed by atoms with Crippen molar-refractivity contribution in [3.8, 4) is 5.75 Å². The molecule has 2 aromatic rings. The fourth-order valence-electron chi connectivity index (χ4n) is 5.27. The van der Waals surface area contributed by atoms with E-state index in [1.165, 1.54) is 31.7 Å². The van der Waals surface area contributed by atoms with Crippen LogP contribution in [-0.4, -0.2) is 46.2 Å². The van der Waals surface area contributed by atoms with Crippen molar-refractivity contribution in [2.24, 2.45) is 0 Å². The fraction of sp³-hybridized carbons (Fsp3) is 0.654. The van der Waals surface area contributed by atoms with Gasteiger partial charge in [0.1, 0.15) is 0 Å². The number of nitrogens with one attached hydrogen (secondary N) is 2. The third-order valence-electron chi connectivity index (χ3n) is 7.01. The van der Waals surface area contributed by atoms with Crippen LogP contribution < -0.4 is 26.0 Å².